The van der Waals surface area contributed by atoms with Crippen LogP contribution < -0.4 is 30.2 Å². The summed E-state index contributed by atoms with van der Waals surface area (Å²) in [6.07, 6.45) is 0. The molecule has 0 aliphatic rings. The van der Waals surface area contributed by atoms with Crippen molar-refractivity contribution in [3.8, 4) is 17.2 Å². The van der Waals surface area contributed by atoms with Gasteiger partial charge in [0.1, 0.15) is 43.7 Å². The molecule has 4 rings (SSSR count). The van der Waals surface area contributed by atoms with Crippen LogP contribution in [0.15, 0.2) is 84.9 Å². The zero-order valence-electron chi connectivity index (χ0n) is 24.2. The normalized spacial score (nSPS) is 10.4. The first-order valence-corrected chi connectivity index (χ1v) is 13.7. The van der Waals surface area contributed by atoms with E-state index in [1.165, 1.54) is 0 Å². The molecule has 0 unspecified atom stereocenters. The minimum absolute atomic E-state index is 0.0827. The summed E-state index contributed by atoms with van der Waals surface area (Å²) in [6, 6.07) is 21.5. The molecule has 3 aromatic carbocycles. The highest BCUT2D eigenvalue weighted by Gasteiger charge is 2.11. The standard InChI is InChI=1S/C31H34N6O7/c1-21(2)28(40)44-17-16-43-27-11-5-8-24(20-27)34-31-36-29(32-22-6-3-9-25(18-22)41-14-12-38)35-30(37-31)33-23-7-4-10-26(19-23)42-15-13-39/h3-11,18-20,38-39H,1,12-17H2,2H3,(H3,32,33,34,35,36,37). The Balaban J connectivity index is 1.54. The molecule has 0 aliphatic heterocycles. The fourth-order valence-electron chi connectivity index (χ4n) is 3.67. The second-order valence-corrected chi connectivity index (χ2v) is 9.17. The number of anilines is 6. The second kappa shape index (κ2) is 16.3. The van der Waals surface area contributed by atoms with Gasteiger partial charge in [-0.2, -0.15) is 15.0 Å². The molecule has 13 heteroatoms. The number of nitrogens with zero attached hydrogens (tertiary/aromatic N) is 3. The van der Waals surface area contributed by atoms with Gasteiger partial charge in [-0.05, 0) is 43.3 Å². The lowest BCUT2D eigenvalue weighted by Crippen LogP contribution is -2.12. The van der Waals surface area contributed by atoms with Gasteiger partial charge in [-0.3, -0.25) is 0 Å². The van der Waals surface area contributed by atoms with E-state index in [9.17, 15) is 4.79 Å². The summed E-state index contributed by atoms with van der Waals surface area (Å²) in [6.45, 7) is 5.52. The Morgan fingerprint density at radius 3 is 1.41 bits per heavy atom. The number of carbonyl (C=O) groups excluding carboxylic acids is 1. The Kier molecular flexibility index (Phi) is 11.7. The van der Waals surface area contributed by atoms with Gasteiger partial charge in [-0.25, -0.2) is 4.79 Å². The third kappa shape index (κ3) is 10.2. The molecule has 0 atom stereocenters. The van der Waals surface area contributed by atoms with E-state index in [1.54, 1.807) is 61.5 Å². The highest BCUT2D eigenvalue weighted by Crippen LogP contribution is 2.26. The van der Waals surface area contributed by atoms with Crippen molar-refractivity contribution in [1.82, 2.24) is 15.0 Å². The van der Waals surface area contributed by atoms with Crippen molar-refractivity contribution >= 4 is 40.9 Å². The number of aliphatic hydroxyl groups is 2. The lowest BCUT2D eigenvalue weighted by atomic mass is 10.3. The smallest absolute Gasteiger partial charge is 0.333 e. The SMILES string of the molecule is C=C(C)C(=O)OCCOc1cccc(Nc2nc(Nc3cccc(OCCO)c3)nc(Nc3cccc(OCCO)c3)n2)c1. The topological polar surface area (TPSA) is 169 Å². The molecule has 0 fully saturated rings. The Hall–Kier alpha value is -5.40. The third-order valence-corrected chi connectivity index (χ3v) is 5.56. The van der Waals surface area contributed by atoms with Gasteiger partial charge in [0.05, 0.1) is 13.2 Å². The maximum absolute atomic E-state index is 11.6. The van der Waals surface area contributed by atoms with Gasteiger partial charge in [-0.1, -0.05) is 24.8 Å². The van der Waals surface area contributed by atoms with Crippen LogP contribution >= 0.6 is 0 Å². The first-order valence-electron chi connectivity index (χ1n) is 13.7. The number of aliphatic hydroxyl groups excluding tert-OH is 2. The van der Waals surface area contributed by atoms with E-state index < -0.39 is 5.97 Å². The lowest BCUT2D eigenvalue weighted by molar-refractivity contribution is -0.139. The predicted molar refractivity (Wildman–Crippen MR) is 165 cm³/mol. The Labute approximate surface area is 254 Å². The minimum atomic E-state index is -0.471. The van der Waals surface area contributed by atoms with E-state index in [2.05, 4.69) is 37.5 Å². The summed E-state index contributed by atoms with van der Waals surface area (Å²) in [5.74, 6) is 1.93. The van der Waals surface area contributed by atoms with Crippen molar-refractivity contribution in [2.75, 3.05) is 55.6 Å². The van der Waals surface area contributed by atoms with Gasteiger partial charge in [0.25, 0.3) is 0 Å². The largest absolute Gasteiger partial charge is 0.491 e. The highest BCUT2D eigenvalue weighted by molar-refractivity contribution is 5.86. The van der Waals surface area contributed by atoms with Gasteiger partial charge < -0.3 is 45.1 Å². The molecular weight excluding hydrogens is 568 g/mol. The number of ether oxygens (including phenoxy) is 4. The fraction of sp³-hybridized carbons (Fsp3) is 0.226. The van der Waals surface area contributed by atoms with Gasteiger partial charge >= 0.3 is 5.97 Å². The summed E-state index contributed by atoms with van der Waals surface area (Å²) in [5.41, 5.74) is 2.28. The summed E-state index contributed by atoms with van der Waals surface area (Å²) in [4.78, 5) is 25.2. The van der Waals surface area contributed by atoms with Crippen LogP contribution in [0, 0.1) is 0 Å². The first-order chi connectivity index (χ1) is 21.4. The number of aromatic nitrogens is 3. The molecule has 0 saturated carbocycles. The Morgan fingerprint density at radius 1 is 0.659 bits per heavy atom. The molecular formula is C31H34N6O7. The lowest BCUT2D eigenvalue weighted by Gasteiger charge is -2.13. The third-order valence-electron chi connectivity index (χ3n) is 5.56. The number of esters is 1. The van der Waals surface area contributed by atoms with Crippen molar-refractivity contribution in [2.45, 2.75) is 6.92 Å². The van der Waals surface area contributed by atoms with E-state index in [1.807, 2.05) is 18.2 Å². The molecule has 0 bridgehead atoms. The Bertz CT molecular complexity index is 1480. The van der Waals surface area contributed by atoms with E-state index in [0.717, 1.165) is 0 Å². The van der Waals surface area contributed by atoms with E-state index in [-0.39, 0.29) is 57.5 Å². The molecule has 44 heavy (non-hydrogen) atoms. The minimum Gasteiger partial charge on any atom is -0.491 e. The molecule has 0 saturated heterocycles. The van der Waals surface area contributed by atoms with Crippen LogP contribution in [-0.4, -0.2) is 70.8 Å². The number of hydrogen-bond donors (Lipinski definition) is 5. The molecule has 0 spiro atoms. The van der Waals surface area contributed by atoms with Crippen molar-refractivity contribution in [2.24, 2.45) is 0 Å². The van der Waals surface area contributed by atoms with Crippen molar-refractivity contribution in [1.29, 1.82) is 0 Å². The zero-order chi connectivity index (χ0) is 31.1. The van der Waals surface area contributed by atoms with Gasteiger partial charge in [0.15, 0.2) is 0 Å². The van der Waals surface area contributed by atoms with Crippen LogP contribution in [0.25, 0.3) is 0 Å². The molecule has 0 aliphatic carbocycles. The maximum atomic E-state index is 11.6. The maximum Gasteiger partial charge on any atom is 0.333 e. The van der Waals surface area contributed by atoms with Crippen LogP contribution in [-0.2, 0) is 9.53 Å². The molecule has 1 aromatic heterocycles. The average molecular weight is 603 g/mol. The fourth-order valence-corrected chi connectivity index (χ4v) is 3.67. The van der Waals surface area contributed by atoms with Crippen molar-refractivity contribution in [3.63, 3.8) is 0 Å². The second-order valence-electron chi connectivity index (χ2n) is 9.17. The van der Waals surface area contributed by atoms with Gasteiger partial charge in [0.2, 0.25) is 17.8 Å². The van der Waals surface area contributed by atoms with Crippen LogP contribution in [0.5, 0.6) is 17.2 Å². The quantitative estimate of drug-likeness (QED) is 0.0658. The number of nitrogens with one attached hydrogen (secondary N) is 3. The summed E-state index contributed by atoms with van der Waals surface area (Å²) in [5, 5.41) is 27.7. The summed E-state index contributed by atoms with van der Waals surface area (Å²) < 4.78 is 21.8. The average Bonchev–Trinajstić information content (AvgIpc) is 3.01. The molecule has 4 aromatic rings. The number of benzene rings is 3. The molecule has 0 amide bonds. The first kappa shape index (κ1) is 31.5. The number of hydrogen-bond acceptors (Lipinski definition) is 13. The molecule has 230 valence electrons. The molecule has 1 heterocycles. The van der Waals surface area contributed by atoms with Crippen LogP contribution in [0.2, 0.25) is 0 Å². The summed E-state index contributed by atoms with van der Waals surface area (Å²) >= 11 is 0. The van der Waals surface area contributed by atoms with Gasteiger partial charge in [-0.15, -0.1) is 0 Å². The van der Waals surface area contributed by atoms with Crippen LogP contribution in [0.3, 0.4) is 0 Å². The van der Waals surface area contributed by atoms with Crippen molar-refractivity contribution in [3.05, 3.63) is 84.9 Å². The van der Waals surface area contributed by atoms with E-state index >= 15 is 0 Å². The van der Waals surface area contributed by atoms with Crippen molar-refractivity contribution < 1.29 is 34.0 Å². The highest BCUT2D eigenvalue weighted by atomic mass is 16.6. The van der Waals surface area contributed by atoms with Crippen LogP contribution in [0.4, 0.5) is 34.9 Å². The monoisotopic (exact) mass is 602 g/mol. The molecule has 5 N–H and O–H groups in total. The van der Waals surface area contributed by atoms with Crippen LogP contribution in [0.1, 0.15) is 6.92 Å². The molecule has 13 nitrogen and oxygen atoms in total. The Morgan fingerprint density at radius 2 is 1.05 bits per heavy atom. The number of carbonyl (C=O) groups is 1. The number of rotatable bonds is 17. The molecule has 0 radical (unpaired) electrons. The summed E-state index contributed by atoms with van der Waals surface area (Å²) in [7, 11) is 0. The van der Waals surface area contributed by atoms with E-state index in [0.29, 0.717) is 39.9 Å². The predicted octanol–water partition coefficient (Wildman–Crippen LogP) is 4.34. The zero-order valence-corrected chi connectivity index (χ0v) is 24.2. The van der Waals surface area contributed by atoms with E-state index in [4.69, 9.17) is 29.2 Å². The van der Waals surface area contributed by atoms with Gasteiger partial charge in [0, 0.05) is 40.8 Å².